The summed E-state index contributed by atoms with van der Waals surface area (Å²) in [6.45, 7) is 2.32. The maximum absolute atomic E-state index is 11.2. The van der Waals surface area contributed by atoms with Gasteiger partial charge in [0.05, 0.1) is 13.3 Å². The number of fused-ring (bicyclic) bond motifs is 1. The van der Waals surface area contributed by atoms with Crippen molar-refractivity contribution in [1.29, 1.82) is 0 Å². The fraction of sp³-hybridized carbons (Fsp3) is 0.357. The SMILES string of the molecule is COc1ccc2c(CCN(C)C(C)=O)ccn2c1. The smallest absolute Gasteiger partial charge is 0.219 e. The minimum atomic E-state index is 0.0974. The molecule has 0 N–H and O–H groups in total. The second-order valence-corrected chi connectivity index (χ2v) is 4.39. The Balaban J connectivity index is 2.17. The van der Waals surface area contributed by atoms with Crippen LogP contribution in [0.15, 0.2) is 30.6 Å². The van der Waals surface area contributed by atoms with Crippen molar-refractivity contribution >= 4 is 11.4 Å². The Morgan fingerprint density at radius 2 is 2.17 bits per heavy atom. The molecule has 0 radical (unpaired) electrons. The van der Waals surface area contributed by atoms with Gasteiger partial charge in [0.15, 0.2) is 0 Å². The summed E-state index contributed by atoms with van der Waals surface area (Å²) in [5.74, 6) is 0.936. The van der Waals surface area contributed by atoms with Gasteiger partial charge in [-0.25, -0.2) is 0 Å². The minimum absolute atomic E-state index is 0.0974. The van der Waals surface area contributed by atoms with Crippen LogP contribution in [0.2, 0.25) is 0 Å². The van der Waals surface area contributed by atoms with Gasteiger partial charge in [0.25, 0.3) is 0 Å². The summed E-state index contributed by atoms with van der Waals surface area (Å²) in [4.78, 5) is 12.9. The molecule has 0 aliphatic carbocycles. The first-order chi connectivity index (χ1) is 8.61. The lowest BCUT2D eigenvalue weighted by Gasteiger charge is -2.14. The minimum Gasteiger partial charge on any atom is -0.495 e. The molecule has 2 aromatic heterocycles. The Kier molecular flexibility index (Phi) is 3.55. The maximum Gasteiger partial charge on any atom is 0.219 e. The Hall–Kier alpha value is -1.97. The van der Waals surface area contributed by atoms with Gasteiger partial charge in [0.2, 0.25) is 5.91 Å². The number of hydrogen-bond donors (Lipinski definition) is 0. The third-order valence-corrected chi connectivity index (χ3v) is 3.21. The normalized spacial score (nSPS) is 10.6. The zero-order valence-corrected chi connectivity index (χ0v) is 11.0. The van der Waals surface area contributed by atoms with E-state index in [0.29, 0.717) is 0 Å². The van der Waals surface area contributed by atoms with Crippen molar-refractivity contribution in [2.75, 3.05) is 20.7 Å². The van der Waals surface area contributed by atoms with E-state index in [9.17, 15) is 4.79 Å². The molecule has 4 nitrogen and oxygen atoms in total. The molecule has 0 bridgehead atoms. The summed E-state index contributed by atoms with van der Waals surface area (Å²) in [6.07, 6.45) is 4.83. The molecule has 0 aromatic carbocycles. The van der Waals surface area contributed by atoms with Gasteiger partial charge >= 0.3 is 0 Å². The standard InChI is InChI=1S/C14H18N2O2/c1-11(17)15(2)8-6-12-7-9-16-10-13(18-3)4-5-14(12)16/h4-5,7,9-10H,6,8H2,1-3H3. The maximum atomic E-state index is 11.2. The summed E-state index contributed by atoms with van der Waals surface area (Å²) in [7, 11) is 3.48. The predicted octanol–water partition coefficient (Wildman–Crippen LogP) is 1.97. The van der Waals surface area contributed by atoms with Gasteiger partial charge in [0.1, 0.15) is 5.75 Å². The highest BCUT2D eigenvalue weighted by Crippen LogP contribution is 2.18. The summed E-state index contributed by atoms with van der Waals surface area (Å²) in [6, 6.07) is 6.08. The van der Waals surface area contributed by atoms with Gasteiger partial charge in [-0.3, -0.25) is 4.79 Å². The van der Waals surface area contributed by atoms with Crippen molar-refractivity contribution in [3.63, 3.8) is 0 Å². The molecule has 18 heavy (non-hydrogen) atoms. The number of likely N-dealkylation sites (N-methyl/N-ethyl adjacent to an activating group) is 1. The number of hydrogen-bond acceptors (Lipinski definition) is 2. The van der Waals surface area contributed by atoms with Crippen LogP contribution in [0, 0.1) is 0 Å². The molecule has 1 amide bonds. The lowest BCUT2D eigenvalue weighted by atomic mass is 10.2. The summed E-state index contributed by atoms with van der Waals surface area (Å²) in [5, 5.41) is 0. The van der Waals surface area contributed by atoms with Crippen LogP contribution in [-0.2, 0) is 11.2 Å². The zero-order valence-electron chi connectivity index (χ0n) is 11.0. The number of aromatic nitrogens is 1. The molecule has 0 saturated carbocycles. The average Bonchev–Trinajstić information content (AvgIpc) is 2.77. The van der Waals surface area contributed by atoms with Crippen molar-refractivity contribution < 1.29 is 9.53 Å². The monoisotopic (exact) mass is 246 g/mol. The molecular weight excluding hydrogens is 228 g/mol. The van der Waals surface area contributed by atoms with Crippen molar-refractivity contribution in [3.8, 4) is 5.75 Å². The molecule has 4 heteroatoms. The van der Waals surface area contributed by atoms with E-state index in [-0.39, 0.29) is 5.91 Å². The van der Waals surface area contributed by atoms with E-state index in [2.05, 4.69) is 6.07 Å². The van der Waals surface area contributed by atoms with E-state index < -0.39 is 0 Å². The number of carbonyl (C=O) groups is 1. The Morgan fingerprint density at radius 1 is 1.39 bits per heavy atom. The Labute approximate surface area is 107 Å². The predicted molar refractivity (Wildman–Crippen MR) is 71.0 cm³/mol. The van der Waals surface area contributed by atoms with E-state index in [0.717, 1.165) is 24.2 Å². The van der Waals surface area contributed by atoms with Crippen LogP contribution in [0.1, 0.15) is 12.5 Å². The number of ether oxygens (including phenoxy) is 1. The van der Waals surface area contributed by atoms with Crippen LogP contribution >= 0.6 is 0 Å². The number of carbonyl (C=O) groups excluding carboxylic acids is 1. The second kappa shape index (κ2) is 5.12. The highest BCUT2D eigenvalue weighted by atomic mass is 16.5. The molecule has 96 valence electrons. The van der Waals surface area contributed by atoms with Crippen LogP contribution in [-0.4, -0.2) is 35.9 Å². The molecule has 0 unspecified atom stereocenters. The third kappa shape index (κ3) is 2.47. The molecule has 0 aliphatic rings. The molecule has 0 fully saturated rings. The van der Waals surface area contributed by atoms with Crippen LogP contribution in [0.3, 0.4) is 0 Å². The second-order valence-electron chi connectivity index (χ2n) is 4.39. The lowest BCUT2D eigenvalue weighted by molar-refractivity contribution is -0.127. The summed E-state index contributed by atoms with van der Waals surface area (Å²) < 4.78 is 7.23. The van der Waals surface area contributed by atoms with Gasteiger partial charge in [-0.1, -0.05) is 0 Å². The quantitative estimate of drug-likeness (QED) is 0.826. The Morgan fingerprint density at radius 3 is 2.83 bits per heavy atom. The fourth-order valence-electron chi connectivity index (χ4n) is 1.93. The van der Waals surface area contributed by atoms with E-state index >= 15 is 0 Å². The number of rotatable bonds is 4. The molecule has 0 spiro atoms. The largest absolute Gasteiger partial charge is 0.495 e. The van der Waals surface area contributed by atoms with E-state index in [4.69, 9.17) is 4.74 Å². The number of pyridine rings is 1. The summed E-state index contributed by atoms with van der Waals surface area (Å²) >= 11 is 0. The van der Waals surface area contributed by atoms with Gasteiger partial charge < -0.3 is 14.0 Å². The van der Waals surface area contributed by atoms with Crippen molar-refractivity contribution in [3.05, 3.63) is 36.2 Å². The van der Waals surface area contributed by atoms with Crippen LogP contribution in [0.5, 0.6) is 5.75 Å². The van der Waals surface area contributed by atoms with Crippen LogP contribution in [0.4, 0.5) is 0 Å². The first-order valence-electron chi connectivity index (χ1n) is 5.97. The lowest BCUT2D eigenvalue weighted by Crippen LogP contribution is -2.26. The molecule has 2 heterocycles. The van der Waals surface area contributed by atoms with Gasteiger partial charge in [-0.2, -0.15) is 0 Å². The molecule has 0 atom stereocenters. The van der Waals surface area contributed by atoms with Crippen molar-refractivity contribution in [2.24, 2.45) is 0 Å². The molecule has 2 rings (SSSR count). The molecule has 2 aromatic rings. The van der Waals surface area contributed by atoms with Crippen molar-refractivity contribution in [2.45, 2.75) is 13.3 Å². The Bertz CT molecular complexity index is 560. The third-order valence-electron chi connectivity index (χ3n) is 3.21. The highest BCUT2D eigenvalue weighted by molar-refractivity contribution is 5.72. The van der Waals surface area contributed by atoms with Crippen LogP contribution < -0.4 is 4.74 Å². The van der Waals surface area contributed by atoms with E-state index in [1.165, 1.54) is 5.56 Å². The number of methoxy groups -OCH3 is 1. The summed E-state index contributed by atoms with van der Waals surface area (Å²) in [5.41, 5.74) is 2.40. The average molecular weight is 246 g/mol. The topological polar surface area (TPSA) is 34.0 Å². The van der Waals surface area contributed by atoms with Crippen molar-refractivity contribution in [1.82, 2.24) is 9.30 Å². The number of nitrogens with zero attached hydrogens (tertiary/aromatic N) is 2. The van der Waals surface area contributed by atoms with E-state index in [1.807, 2.05) is 36.0 Å². The molecule has 0 saturated heterocycles. The number of amides is 1. The van der Waals surface area contributed by atoms with Gasteiger partial charge in [0, 0.05) is 32.2 Å². The zero-order chi connectivity index (χ0) is 13.1. The van der Waals surface area contributed by atoms with Gasteiger partial charge in [-0.05, 0) is 30.2 Å². The molecule has 0 aliphatic heterocycles. The highest BCUT2D eigenvalue weighted by Gasteiger charge is 2.06. The fourth-order valence-corrected chi connectivity index (χ4v) is 1.93. The molecular formula is C14H18N2O2. The van der Waals surface area contributed by atoms with Gasteiger partial charge in [-0.15, -0.1) is 0 Å². The first kappa shape index (κ1) is 12.5. The first-order valence-corrected chi connectivity index (χ1v) is 5.97. The van der Waals surface area contributed by atoms with Crippen LogP contribution in [0.25, 0.3) is 5.52 Å². The van der Waals surface area contributed by atoms with E-state index in [1.54, 1.807) is 18.9 Å².